The lowest BCUT2D eigenvalue weighted by Gasteiger charge is -2.38. The van der Waals surface area contributed by atoms with Gasteiger partial charge in [0.05, 0.1) is 20.6 Å². The molecule has 1 atom stereocenters. The van der Waals surface area contributed by atoms with Gasteiger partial charge < -0.3 is 24.7 Å². The number of hydrogen-bond donors (Lipinski definition) is 2. The SMILES string of the molecule is COc1cccc([C@@H](C(=O)NC2CCCCC2)N(C(=O)Cc2c[nH]c3ccccc23)C2CCCC2)c1OC. The Kier molecular flexibility index (Phi) is 8.20. The van der Waals surface area contributed by atoms with Crippen LogP contribution in [-0.4, -0.2) is 48.0 Å². The molecule has 2 aromatic carbocycles. The molecule has 0 saturated heterocycles. The monoisotopic (exact) mass is 517 g/mol. The topological polar surface area (TPSA) is 83.7 Å². The fourth-order valence-electron chi connectivity index (χ4n) is 6.34. The third-order valence-corrected chi connectivity index (χ3v) is 8.23. The minimum Gasteiger partial charge on any atom is -0.493 e. The smallest absolute Gasteiger partial charge is 0.247 e. The van der Waals surface area contributed by atoms with E-state index in [2.05, 4.69) is 10.3 Å². The molecule has 2 aliphatic carbocycles. The van der Waals surface area contributed by atoms with Crippen LogP contribution in [0, 0.1) is 0 Å². The molecule has 2 aliphatic rings. The third kappa shape index (κ3) is 5.38. The Hall–Kier alpha value is -3.48. The molecule has 202 valence electrons. The first-order valence-corrected chi connectivity index (χ1v) is 14.0. The quantitative estimate of drug-likeness (QED) is 0.382. The van der Waals surface area contributed by atoms with Gasteiger partial charge in [0.25, 0.3) is 0 Å². The van der Waals surface area contributed by atoms with Crippen LogP contribution in [0.15, 0.2) is 48.7 Å². The van der Waals surface area contributed by atoms with Gasteiger partial charge in [0.1, 0.15) is 6.04 Å². The molecule has 5 rings (SSSR count). The van der Waals surface area contributed by atoms with E-state index in [9.17, 15) is 9.59 Å². The molecule has 0 aliphatic heterocycles. The van der Waals surface area contributed by atoms with Crippen molar-refractivity contribution < 1.29 is 19.1 Å². The Morgan fingerprint density at radius 2 is 1.68 bits per heavy atom. The van der Waals surface area contributed by atoms with E-state index in [-0.39, 0.29) is 30.3 Å². The lowest BCUT2D eigenvalue weighted by atomic mass is 9.94. The Labute approximate surface area is 224 Å². The zero-order chi connectivity index (χ0) is 26.5. The molecule has 3 aromatic rings. The minimum atomic E-state index is -0.803. The molecule has 7 nitrogen and oxygen atoms in total. The Bertz CT molecular complexity index is 1260. The molecule has 0 unspecified atom stereocenters. The van der Waals surface area contributed by atoms with Gasteiger partial charge in [-0.2, -0.15) is 0 Å². The van der Waals surface area contributed by atoms with E-state index >= 15 is 0 Å². The van der Waals surface area contributed by atoms with Crippen molar-refractivity contribution in [2.45, 2.75) is 82.3 Å². The van der Waals surface area contributed by atoms with Crippen LogP contribution in [0.2, 0.25) is 0 Å². The number of hydrogen-bond acceptors (Lipinski definition) is 4. The van der Waals surface area contributed by atoms with E-state index in [1.807, 2.05) is 53.6 Å². The van der Waals surface area contributed by atoms with E-state index in [1.165, 1.54) is 6.42 Å². The van der Waals surface area contributed by atoms with Crippen molar-refractivity contribution in [2.75, 3.05) is 14.2 Å². The zero-order valence-electron chi connectivity index (χ0n) is 22.5. The van der Waals surface area contributed by atoms with Crippen LogP contribution >= 0.6 is 0 Å². The number of ether oxygens (including phenoxy) is 2. The average Bonchev–Trinajstić information content (AvgIpc) is 3.62. The number of amides is 2. The highest BCUT2D eigenvalue weighted by molar-refractivity contribution is 5.93. The van der Waals surface area contributed by atoms with E-state index in [0.29, 0.717) is 17.1 Å². The Morgan fingerprint density at radius 3 is 2.42 bits per heavy atom. The lowest BCUT2D eigenvalue weighted by Crippen LogP contribution is -2.50. The van der Waals surface area contributed by atoms with Crippen molar-refractivity contribution in [3.8, 4) is 11.5 Å². The minimum absolute atomic E-state index is 0.00859. The number of aromatic amines is 1. The number of aromatic nitrogens is 1. The van der Waals surface area contributed by atoms with Crippen LogP contribution < -0.4 is 14.8 Å². The van der Waals surface area contributed by atoms with Gasteiger partial charge in [-0.25, -0.2) is 0 Å². The summed E-state index contributed by atoms with van der Waals surface area (Å²) >= 11 is 0. The maximum absolute atomic E-state index is 14.3. The fourth-order valence-corrected chi connectivity index (χ4v) is 6.34. The highest BCUT2D eigenvalue weighted by Crippen LogP contribution is 2.40. The van der Waals surface area contributed by atoms with Crippen LogP contribution in [0.5, 0.6) is 11.5 Å². The standard InChI is InChI=1S/C31H39N3O4/c1-37-27-18-10-16-25(30(27)38-2)29(31(36)33-22-11-4-3-5-12-22)34(23-13-6-7-14-23)28(35)19-21-20-32-26-17-9-8-15-24(21)26/h8-10,15-18,20,22-23,29,32H,3-7,11-14,19H2,1-2H3,(H,33,36)/t29-/m0/s1. The maximum atomic E-state index is 14.3. The van der Waals surface area contributed by atoms with Crippen LogP contribution in [-0.2, 0) is 16.0 Å². The summed E-state index contributed by atoms with van der Waals surface area (Å²) in [4.78, 5) is 33.6. The van der Waals surface area contributed by atoms with Crippen LogP contribution in [0.1, 0.15) is 75.0 Å². The first-order chi connectivity index (χ1) is 18.6. The second-order valence-electron chi connectivity index (χ2n) is 10.6. The number of rotatable bonds is 9. The Morgan fingerprint density at radius 1 is 0.947 bits per heavy atom. The number of carbonyl (C=O) groups excluding carboxylic acids is 2. The van der Waals surface area contributed by atoms with E-state index in [1.54, 1.807) is 14.2 Å². The number of para-hydroxylation sites is 2. The van der Waals surface area contributed by atoms with Gasteiger partial charge in [-0.15, -0.1) is 0 Å². The second kappa shape index (κ2) is 11.9. The molecular weight excluding hydrogens is 478 g/mol. The highest BCUT2D eigenvalue weighted by Gasteiger charge is 2.40. The summed E-state index contributed by atoms with van der Waals surface area (Å²) in [7, 11) is 3.18. The molecule has 0 bridgehead atoms. The summed E-state index contributed by atoms with van der Waals surface area (Å²) < 4.78 is 11.4. The van der Waals surface area contributed by atoms with Gasteiger partial charge >= 0.3 is 0 Å². The predicted octanol–water partition coefficient (Wildman–Crippen LogP) is 5.69. The lowest BCUT2D eigenvalue weighted by molar-refractivity contribution is -0.143. The van der Waals surface area contributed by atoms with Crippen LogP contribution in [0.25, 0.3) is 10.9 Å². The molecule has 2 fully saturated rings. The molecule has 2 N–H and O–H groups in total. The number of benzene rings is 2. The van der Waals surface area contributed by atoms with Gasteiger partial charge in [-0.1, -0.05) is 62.4 Å². The number of methoxy groups -OCH3 is 2. The number of fused-ring (bicyclic) bond motifs is 1. The van der Waals surface area contributed by atoms with Crippen LogP contribution in [0.3, 0.4) is 0 Å². The fraction of sp³-hybridized carbons (Fsp3) is 0.484. The molecule has 0 spiro atoms. The molecule has 2 amide bonds. The maximum Gasteiger partial charge on any atom is 0.247 e. The van der Waals surface area contributed by atoms with E-state index < -0.39 is 6.04 Å². The zero-order valence-corrected chi connectivity index (χ0v) is 22.5. The predicted molar refractivity (Wildman–Crippen MR) is 148 cm³/mol. The second-order valence-corrected chi connectivity index (χ2v) is 10.6. The van der Waals surface area contributed by atoms with Crippen LogP contribution in [0.4, 0.5) is 0 Å². The first kappa shape index (κ1) is 26.1. The van der Waals surface area contributed by atoms with E-state index in [0.717, 1.165) is 67.8 Å². The molecule has 2 saturated carbocycles. The summed E-state index contributed by atoms with van der Waals surface area (Å²) in [5.41, 5.74) is 2.61. The summed E-state index contributed by atoms with van der Waals surface area (Å²) in [6, 6.07) is 12.9. The number of nitrogens with zero attached hydrogens (tertiary/aromatic N) is 1. The molecule has 1 aromatic heterocycles. The van der Waals surface area contributed by atoms with Crippen molar-refractivity contribution in [1.29, 1.82) is 0 Å². The van der Waals surface area contributed by atoms with Gasteiger partial charge in [-0.05, 0) is 43.4 Å². The number of nitrogens with one attached hydrogen (secondary N) is 2. The average molecular weight is 518 g/mol. The van der Waals surface area contributed by atoms with Gasteiger partial charge in [-0.3, -0.25) is 9.59 Å². The largest absolute Gasteiger partial charge is 0.493 e. The molecule has 1 heterocycles. The highest BCUT2D eigenvalue weighted by atomic mass is 16.5. The molecule has 7 heteroatoms. The molecule has 0 radical (unpaired) electrons. The number of carbonyl (C=O) groups is 2. The normalized spacial score (nSPS) is 17.3. The van der Waals surface area contributed by atoms with Crippen molar-refractivity contribution in [3.63, 3.8) is 0 Å². The van der Waals surface area contributed by atoms with Crippen molar-refractivity contribution >= 4 is 22.7 Å². The third-order valence-electron chi connectivity index (χ3n) is 8.23. The first-order valence-electron chi connectivity index (χ1n) is 14.0. The van der Waals surface area contributed by atoms with E-state index in [4.69, 9.17) is 9.47 Å². The van der Waals surface area contributed by atoms with Crippen molar-refractivity contribution in [2.24, 2.45) is 0 Å². The summed E-state index contributed by atoms with van der Waals surface area (Å²) in [6.07, 6.45) is 11.4. The van der Waals surface area contributed by atoms with Gasteiger partial charge in [0.15, 0.2) is 11.5 Å². The molecule has 38 heavy (non-hydrogen) atoms. The summed E-state index contributed by atoms with van der Waals surface area (Å²) in [5, 5.41) is 4.35. The molecular formula is C31H39N3O4. The number of H-pyrrole nitrogens is 1. The van der Waals surface area contributed by atoms with Crippen molar-refractivity contribution in [3.05, 3.63) is 59.8 Å². The van der Waals surface area contributed by atoms with Gasteiger partial charge in [0.2, 0.25) is 11.8 Å². The summed E-state index contributed by atoms with van der Waals surface area (Å²) in [5.74, 6) is 0.871. The summed E-state index contributed by atoms with van der Waals surface area (Å²) in [6.45, 7) is 0. The van der Waals surface area contributed by atoms with Gasteiger partial charge in [0, 0.05) is 34.7 Å². The Balaban J connectivity index is 1.55. The van der Waals surface area contributed by atoms with Crippen molar-refractivity contribution in [1.82, 2.24) is 15.2 Å².